The summed E-state index contributed by atoms with van der Waals surface area (Å²) in [6.45, 7) is 1.99. The molecule has 0 saturated carbocycles. The van der Waals surface area contributed by atoms with Crippen molar-refractivity contribution in [3.05, 3.63) is 52.0 Å². The third kappa shape index (κ3) is 4.13. The molecule has 0 aliphatic heterocycles. The lowest BCUT2D eigenvalue weighted by Gasteiger charge is -2.14. The minimum Gasteiger partial charge on any atom is -0.479 e. The van der Waals surface area contributed by atoms with Crippen molar-refractivity contribution < 1.29 is 14.7 Å². The molecule has 2 rings (SSSR count). The lowest BCUT2D eigenvalue weighted by Crippen LogP contribution is -2.34. The number of hydrogen-bond donors (Lipinski definition) is 2. The van der Waals surface area contributed by atoms with Crippen molar-refractivity contribution in [2.75, 3.05) is 0 Å². The topological polar surface area (TPSA) is 79.3 Å². The second kappa shape index (κ2) is 6.99. The van der Waals surface area contributed by atoms with Crippen molar-refractivity contribution in [3.8, 4) is 0 Å². The van der Waals surface area contributed by atoms with E-state index in [1.54, 1.807) is 30.3 Å². The molecule has 0 unspecified atom stereocenters. The molecule has 6 heteroatoms. The average molecular weight is 304 g/mol. The summed E-state index contributed by atoms with van der Waals surface area (Å²) >= 11 is 1.41. The van der Waals surface area contributed by atoms with E-state index in [0.29, 0.717) is 10.6 Å². The lowest BCUT2D eigenvalue weighted by atomic mass is 10.1. The van der Waals surface area contributed by atoms with Gasteiger partial charge in [-0.3, -0.25) is 4.79 Å². The molecule has 0 saturated heterocycles. The molecule has 0 bridgehead atoms. The standard InChI is InChI=1S/C15H16N2O3S/c1-2-11-9-21-13(16-11)8-12(18)17-14(15(19)20)10-6-4-3-5-7-10/h3-7,9,14H,2,8H2,1H3,(H,17,18)(H,19,20)/t14-/m1/s1. The monoisotopic (exact) mass is 304 g/mol. The van der Waals surface area contributed by atoms with Gasteiger partial charge in [0, 0.05) is 5.38 Å². The minimum atomic E-state index is -1.08. The van der Waals surface area contributed by atoms with Crippen LogP contribution in [-0.4, -0.2) is 22.0 Å². The molecule has 21 heavy (non-hydrogen) atoms. The van der Waals surface area contributed by atoms with Gasteiger partial charge in [0.25, 0.3) is 0 Å². The van der Waals surface area contributed by atoms with Crippen LogP contribution in [0.5, 0.6) is 0 Å². The first kappa shape index (κ1) is 15.2. The Morgan fingerprint density at radius 2 is 2.05 bits per heavy atom. The third-order valence-electron chi connectivity index (χ3n) is 2.96. The average Bonchev–Trinajstić information content (AvgIpc) is 2.93. The van der Waals surface area contributed by atoms with Gasteiger partial charge >= 0.3 is 5.97 Å². The molecule has 0 aliphatic carbocycles. The Morgan fingerprint density at radius 1 is 1.33 bits per heavy atom. The number of aryl methyl sites for hydroxylation is 1. The zero-order valence-corrected chi connectivity index (χ0v) is 12.4. The second-order valence-corrected chi connectivity index (χ2v) is 5.46. The molecule has 1 heterocycles. The maximum atomic E-state index is 12.0. The largest absolute Gasteiger partial charge is 0.479 e. The molecule has 1 aromatic carbocycles. The number of aliphatic carboxylic acids is 1. The van der Waals surface area contributed by atoms with Crippen LogP contribution in [0.25, 0.3) is 0 Å². The van der Waals surface area contributed by atoms with E-state index in [1.807, 2.05) is 12.3 Å². The first-order chi connectivity index (χ1) is 10.1. The number of nitrogens with zero attached hydrogens (tertiary/aromatic N) is 1. The van der Waals surface area contributed by atoms with Crippen LogP contribution in [0.4, 0.5) is 0 Å². The number of carbonyl (C=O) groups is 2. The molecule has 2 aromatic rings. The zero-order chi connectivity index (χ0) is 15.2. The fourth-order valence-electron chi connectivity index (χ4n) is 1.88. The van der Waals surface area contributed by atoms with Gasteiger partial charge in [-0.2, -0.15) is 0 Å². The smallest absolute Gasteiger partial charge is 0.330 e. The van der Waals surface area contributed by atoms with E-state index in [1.165, 1.54) is 11.3 Å². The maximum Gasteiger partial charge on any atom is 0.330 e. The summed E-state index contributed by atoms with van der Waals surface area (Å²) < 4.78 is 0. The van der Waals surface area contributed by atoms with Gasteiger partial charge < -0.3 is 10.4 Å². The predicted molar refractivity (Wildman–Crippen MR) is 80.2 cm³/mol. The summed E-state index contributed by atoms with van der Waals surface area (Å²) in [7, 11) is 0. The Bertz CT molecular complexity index is 625. The Hall–Kier alpha value is -2.21. The van der Waals surface area contributed by atoms with E-state index in [9.17, 15) is 14.7 Å². The van der Waals surface area contributed by atoms with Crippen LogP contribution in [0.3, 0.4) is 0 Å². The second-order valence-electron chi connectivity index (χ2n) is 4.51. The van der Waals surface area contributed by atoms with Gasteiger partial charge in [-0.25, -0.2) is 9.78 Å². The van der Waals surface area contributed by atoms with Crippen molar-refractivity contribution >= 4 is 23.2 Å². The fraction of sp³-hybridized carbons (Fsp3) is 0.267. The Balaban J connectivity index is 2.03. The number of benzene rings is 1. The molecule has 5 nitrogen and oxygen atoms in total. The Morgan fingerprint density at radius 3 is 2.62 bits per heavy atom. The van der Waals surface area contributed by atoms with Gasteiger partial charge in [0.05, 0.1) is 12.1 Å². The highest BCUT2D eigenvalue weighted by atomic mass is 32.1. The first-order valence-electron chi connectivity index (χ1n) is 6.60. The van der Waals surface area contributed by atoms with E-state index in [-0.39, 0.29) is 12.3 Å². The van der Waals surface area contributed by atoms with Crippen molar-refractivity contribution in [3.63, 3.8) is 0 Å². The Labute approximate surface area is 126 Å². The highest BCUT2D eigenvalue weighted by molar-refractivity contribution is 7.09. The summed E-state index contributed by atoms with van der Waals surface area (Å²) in [6, 6.07) is 7.60. The van der Waals surface area contributed by atoms with E-state index >= 15 is 0 Å². The SMILES string of the molecule is CCc1csc(CC(=O)N[C@@H](C(=O)O)c2ccccc2)n1. The molecule has 0 radical (unpaired) electrons. The number of rotatable bonds is 6. The van der Waals surface area contributed by atoms with Crippen molar-refractivity contribution in [1.29, 1.82) is 0 Å². The quantitative estimate of drug-likeness (QED) is 0.857. The predicted octanol–water partition coefficient (Wildman–Crippen LogP) is 2.19. The van der Waals surface area contributed by atoms with Gasteiger partial charge in [-0.15, -0.1) is 11.3 Å². The normalized spacial score (nSPS) is 11.9. The number of carboxylic acid groups (broad SMARTS) is 1. The molecule has 1 atom stereocenters. The van der Waals surface area contributed by atoms with E-state index in [4.69, 9.17) is 0 Å². The van der Waals surface area contributed by atoms with Crippen LogP contribution in [-0.2, 0) is 22.4 Å². The zero-order valence-electron chi connectivity index (χ0n) is 11.6. The van der Waals surface area contributed by atoms with Gasteiger partial charge in [-0.05, 0) is 12.0 Å². The van der Waals surface area contributed by atoms with E-state index < -0.39 is 12.0 Å². The van der Waals surface area contributed by atoms with Crippen LogP contribution in [0.1, 0.15) is 29.2 Å². The number of aromatic nitrogens is 1. The molecule has 110 valence electrons. The molecule has 1 aromatic heterocycles. The van der Waals surface area contributed by atoms with Gasteiger partial charge in [-0.1, -0.05) is 37.3 Å². The maximum absolute atomic E-state index is 12.0. The van der Waals surface area contributed by atoms with Gasteiger partial charge in [0.2, 0.25) is 5.91 Å². The number of nitrogens with one attached hydrogen (secondary N) is 1. The summed E-state index contributed by atoms with van der Waals surface area (Å²) in [5, 5.41) is 14.4. The number of hydrogen-bond acceptors (Lipinski definition) is 4. The molecule has 0 aliphatic rings. The number of amides is 1. The molecule has 2 N–H and O–H groups in total. The molecular formula is C15H16N2O3S. The third-order valence-corrected chi connectivity index (χ3v) is 3.86. The number of carboxylic acids is 1. The van der Waals surface area contributed by atoms with E-state index in [0.717, 1.165) is 12.1 Å². The van der Waals surface area contributed by atoms with Crippen molar-refractivity contribution in [1.82, 2.24) is 10.3 Å². The highest BCUT2D eigenvalue weighted by Crippen LogP contribution is 2.14. The summed E-state index contributed by atoms with van der Waals surface area (Å²) in [5.41, 5.74) is 1.49. The summed E-state index contributed by atoms with van der Waals surface area (Å²) in [6.07, 6.45) is 0.918. The van der Waals surface area contributed by atoms with Crippen LogP contribution in [0, 0.1) is 0 Å². The summed E-state index contributed by atoms with van der Waals surface area (Å²) in [5.74, 6) is -1.42. The Kier molecular flexibility index (Phi) is 5.05. The first-order valence-corrected chi connectivity index (χ1v) is 7.48. The molecular weight excluding hydrogens is 288 g/mol. The molecule has 0 spiro atoms. The number of thiazole rings is 1. The van der Waals surface area contributed by atoms with Crippen molar-refractivity contribution in [2.45, 2.75) is 25.8 Å². The molecule has 1 amide bonds. The number of carbonyl (C=O) groups excluding carboxylic acids is 1. The molecule has 0 fully saturated rings. The van der Waals surface area contributed by atoms with Crippen LogP contribution >= 0.6 is 11.3 Å². The van der Waals surface area contributed by atoms with Crippen LogP contribution in [0.15, 0.2) is 35.7 Å². The fourth-order valence-corrected chi connectivity index (χ4v) is 2.75. The van der Waals surface area contributed by atoms with Gasteiger partial charge in [0.1, 0.15) is 5.01 Å². The lowest BCUT2D eigenvalue weighted by molar-refractivity contribution is -0.141. The van der Waals surface area contributed by atoms with Crippen molar-refractivity contribution in [2.24, 2.45) is 0 Å². The minimum absolute atomic E-state index is 0.0985. The van der Waals surface area contributed by atoms with Crippen LogP contribution in [0.2, 0.25) is 0 Å². The van der Waals surface area contributed by atoms with E-state index in [2.05, 4.69) is 10.3 Å². The summed E-state index contributed by atoms with van der Waals surface area (Å²) in [4.78, 5) is 27.6. The highest BCUT2D eigenvalue weighted by Gasteiger charge is 2.22. The van der Waals surface area contributed by atoms with Gasteiger partial charge in [0.15, 0.2) is 6.04 Å². The van der Waals surface area contributed by atoms with Crippen LogP contribution < -0.4 is 5.32 Å².